The first-order valence-electron chi connectivity index (χ1n) is 5.03. The van der Waals surface area contributed by atoms with E-state index in [1.807, 2.05) is 23.9 Å². The topological polar surface area (TPSA) is 23.5 Å². The molecular weight excluding hydrogens is 274 g/mol. The Hall–Kier alpha value is -0.190. The summed E-state index contributed by atoms with van der Waals surface area (Å²) in [4.78, 5) is 2.39. The predicted molar refractivity (Wildman–Crippen MR) is 69.6 cm³/mol. The lowest BCUT2D eigenvalue weighted by Gasteiger charge is -2.29. The number of aliphatic hydroxyl groups excluding tert-OH is 1. The summed E-state index contributed by atoms with van der Waals surface area (Å²) < 4.78 is 1.08. The van der Waals surface area contributed by atoms with Crippen LogP contribution in [0.2, 0.25) is 0 Å². The molecule has 1 heterocycles. The van der Waals surface area contributed by atoms with Gasteiger partial charge < -0.3 is 10.0 Å². The molecule has 1 aliphatic rings. The first-order valence-corrected chi connectivity index (χ1v) is 6.98. The third-order valence-electron chi connectivity index (χ3n) is 2.55. The predicted octanol–water partition coefficient (Wildman–Crippen LogP) is 2.49. The van der Waals surface area contributed by atoms with Gasteiger partial charge in [-0.05, 0) is 33.6 Å². The molecule has 0 saturated carbocycles. The maximum atomic E-state index is 9.03. The van der Waals surface area contributed by atoms with Crippen LogP contribution < -0.4 is 4.90 Å². The van der Waals surface area contributed by atoms with Gasteiger partial charge in [0.1, 0.15) is 0 Å². The second kappa shape index (κ2) is 5.23. The number of thioether (sulfide) groups is 1. The first-order chi connectivity index (χ1) is 7.31. The average molecular weight is 288 g/mol. The van der Waals surface area contributed by atoms with Crippen molar-refractivity contribution < 1.29 is 5.11 Å². The van der Waals surface area contributed by atoms with Crippen molar-refractivity contribution in [1.82, 2.24) is 0 Å². The van der Waals surface area contributed by atoms with E-state index in [9.17, 15) is 0 Å². The zero-order valence-electron chi connectivity index (χ0n) is 8.45. The molecule has 1 N–H and O–H groups in total. The van der Waals surface area contributed by atoms with E-state index in [1.54, 1.807) is 0 Å². The quantitative estimate of drug-likeness (QED) is 0.904. The van der Waals surface area contributed by atoms with Crippen LogP contribution in [0.1, 0.15) is 5.56 Å². The molecule has 1 aliphatic heterocycles. The Labute approximate surface area is 103 Å². The molecule has 4 heteroatoms. The van der Waals surface area contributed by atoms with Gasteiger partial charge in [-0.25, -0.2) is 0 Å². The van der Waals surface area contributed by atoms with E-state index in [0.717, 1.165) is 23.1 Å². The number of halogens is 1. The summed E-state index contributed by atoms with van der Waals surface area (Å²) in [5, 5.41) is 9.03. The van der Waals surface area contributed by atoms with Crippen molar-refractivity contribution in [3.8, 4) is 0 Å². The molecule has 1 aromatic carbocycles. The van der Waals surface area contributed by atoms with Gasteiger partial charge >= 0.3 is 0 Å². The van der Waals surface area contributed by atoms with E-state index in [-0.39, 0.29) is 6.61 Å². The van der Waals surface area contributed by atoms with E-state index in [4.69, 9.17) is 5.11 Å². The second-order valence-corrected chi connectivity index (χ2v) is 5.62. The summed E-state index contributed by atoms with van der Waals surface area (Å²) in [7, 11) is 0. The molecular formula is C11H14BrNOS. The first kappa shape index (κ1) is 11.3. The second-order valence-electron chi connectivity index (χ2n) is 3.54. The fourth-order valence-corrected chi connectivity index (χ4v) is 3.29. The fraction of sp³-hybridized carbons (Fsp3) is 0.455. The van der Waals surface area contributed by atoms with Gasteiger partial charge in [0.2, 0.25) is 0 Å². The Balaban J connectivity index is 2.19. The van der Waals surface area contributed by atoms with Crippen molar-refractivity contribution >= 4 is 33.4 Å². The van der Waals surface area contributed by atoms with Crippen LogP contribution in [0.5, 0.6) is 0 Å². The summed E-state index contributed by atoms with van der Waals surface area (Å²) in [6.07, 6.45) is 0. The van der Waals surface area contributed by atoms with Crippen LogP contribution in [-0.4, -0.2) is 29.7 Å². The SMILES string of the molecule is OCc1ccc(N2CCSCC2)c(Br)c1. The minimum absolute atomic E-state index is 0.106. The van der Waals surface area contributed by atoms with E-state index < -0.39 is 0 Å². The van der Waals surface area contributed by atoms with Gasteiger partial charge in [-0.3, -0.25) is 0 Å². The molecule has 0 radical (unpaired) electrons. The Morgan fingerprint density at radius 3 is 2.67 bits per heavy atom. The molecule has 0 spiro atoms. The van der Waals surface area contributed by atoms with E-state index in [0.29, 0.717) is 0 Å². The maximum absolute atomic E-state index is 9.03. The van der Waals surface area contributed by atoms with Crippen LogP contribution >= 0.6 is 27.7 Å². The van der Waals surface area contributed by atoms with Crippen LogP contribution in [0, 0.1) is 0 Å². The lowest BCUT2D eigenvalue weighted by atomic mass is 10.2. The zero-order chi connectivity index (χ0) is 10.7. The van der Waals surface area contributed by atoms with E-state index in [1.165, 1.54) is 17.2 Å². The minimum atomic E-state index is 0.106. The molecule has 0 aliphatic carbocycles. The largest absolute Gasteiger partial charge is 0.392 e. The molecule has 2 rings (SSSR count). The van der Waals surface area contributed by atoms with Crippen LogP contribution in [0.3, 0.4) is 0 Å². The number of hydrogen-bond acceptors (Lipinski definition) is 3. The normalized spacial score (nSPS) is 16.8. The molecule has 0 atom stereocenters. The zero-order valence-corrected chi connectivity index (χ0v) is 10.9. The number of benzene rings is 1. The molecule has 0 bridgehead atoms. The van der Waals surface area contributed by atoms with Crippen molar-refractivity contribution in [2.24, 2.45) is 0 Å². The molecule has 1 aromatic rings. The molecule has 15 heavy (non-hydrogen) atoms. The Bertz CT molecular complexity index is 339. The standard InChI is InChI=1S/C11H14BrNOS/c12-10-7-9(8-14)1-2-11(10)13-3-5-15-6-4-13/h1-2,7,14H,3-6,8H2. The smallest absolute Gasteiger partial charge is 0.0682 e. The van der Waals surface area contributed by atoms with Crippen LogP contribution in [0.4, 0.5) is 5.69 Å². The van der Waals surface area contributed by atoms with Gasteiger partial charge in [-0.2, -0.15) is 11.8 Å². The number of rotatable bonds is 2. The monoisotopic (exact) mass is 287 g/mol. The van der Waals surface area contributed by atoms with Crippen LogP contribution in [0.15, 0.2) is 22.7 Å². The van der Waals surface area contributed by atoms with Gasteiger partial charge in [0.15, 0.2) is 0 Å². The summed E-state index contributed by atoms with van der Waals surface area (Å²) in [6.45, 7) is 2.33. The van der Waals surface area contributed by atoms with Gasteiger partial charge in [0, 0.05) is 29.1 Å². The highest BCUT2D eigenvalue weighted by Crippen LogP contribution is 2.29. The molecule has 0 aromatic heterocycles. The molecule has 0 unspecified atom stereocenters. The third-order valence-corrected chi connectivity index (χ3v) is 4.12. The highest BCUT2D eigenvalue weighted by molar-refractivity contribution is 9.10. The lowest BCUT2D eigenvalue weighted by Crippen LogP contribution is -2.32. The van der Waals surface area contributed by atoms with E-state index in [2.05, 4.69) is 26.9 Å². The van der Waals surface area contributed by atoms with Gasteiger partial charge in [0.25, 0.3) is 0 Å². The Kier molecular flexibility index (Phi) is 3.94. The molecule has 0 amide bonds. The highest BCUT2D eigenvalue weighted by atomic mass is 79.9. The third kappa shape index (κ3) is 2.68. The fourth-order valence-electron chi connectivity index (χ4n) is 1.71. The number of aliphatic hydroxyl groups is 1. The van der Waals surface area contributed by atoms with Gasteiger partial charge in [-0.15, -0.1) is 0 Å². The number of hydrogen-bond donors (Lipinski definition) is 1. The van der Waals surface area contributed by atoms with Crippen LogP contribution in [-0.2, 0) is 6.61 Å². The van der Waals surface area contributed by atoms with Crippen molar-refractivity contribution in [3.05, 3.63) is 28.2 Å². The van der Waals surface area contributed by atoms with Crippen LogP contribution in [0.25, 0.3) is 0 Å². The summed E-state index contributed by atoms with van der Waals surface area (Å²) >= 11 is 5.57. The Morgan fingerprint density at radius 1 is 1.33 bits per heavy atom. The van der Waals surface area contributed by atoms with Crippen molar-refractivity contribution in [1.29, 1.82) is 0 Å². The van der Waals surface area contributed by atoms with Crippen molar-refractivity contribution in [2.45, 2.75) is 6.61 Å². The molecule has 1 saturated heterocycles. The minimum Gasteiger partial charge on any atom is -0.392 e. The maximum Gasteiger partial charge on any atom is 0.0682 e. The number of anilines is 1. The summed E-state index contributed by atoms with van der Waals surface area (Å²) in [5.41, 5.74) is 2.20. The summed E-state index contributed by atoms with van der Waals surface area (Å²) in [6, 6.07) is 6.07. The van der Waals surface area contributed by atoms with E-state index >= 15 is 0 Å². The molecule has 1 fully saturated rings. The number of nitrogens with zero attached hydrogens (tertiary/aromatic N) is 1. The summed E-state index contributed by atoms with van der Waals surface area (Å²) in [5.74, 6) is 2.41. The lowest BCUT2D eigenvalue weighted by molar-refractivity contribution is 0.282. The average Bonchev–Trinajstić information content (AvgIpc) is 2.30. The molecule has 82 valence electrons. The van der Waals surface area contributed by atoms with Crippen molar-refractivity contribution in [3.63, 3.8) is 0 Å². The molecule has 2 nitrogen and oxygen atoms in total. The van der Waals surface area contributed by atoms with Gasteiger partial charge in [0.05, 0.1) is 12.3 Å². The highest BCUT2D eigenvalue weighted by Gasteiger charge is 2.13. The van der Waals surface area contributed by atoms with Gasteiger partial charge in [-0.1, -0.05) is 6.07 Å². The van der Waals surface area contributed by atoms with Crippen molar-refractivity contribution in [2.75, 3.05) is 29.5 Å². The Morgan fingerprint density at radius 2 is 2.07 bits per heavy atom.